The minimum absolute atomic E-state index is 0.709. The monoisotopic (exact) mass is 245 g/mol. The van der Waals surface area contributed by atoms with Gasteiger partial charge in [-0.25, -0.2) is 4.98 Å². The molecule has 0 spiro atoms. The summed E-state index contributed by atoms with van der Waals surface area (Å²) in [5, 5.41) is 0. The number of nitrogens with two attached hydrogens (primary N) is 1. The summed E-state index contributed by atoms with van der Waals surface area (Å²) >= 11 is 0. The van der Waals surface area contributed by atoms with E-state index in [-0.39, 0.29) is 0 Å². The van der Waals surface area contributed by atoms with E-state index in [1.165, 1.54) is 50.0 Å². The summed E-state index contributed by atoms with van der Waals surface area (Å²) < 4.78 is 0. The summed E-state index contributed by atoms with van der Waals surface area (Å²) in [5.41, 5.74) is 7.05. The molecule has 2 atom stereocenters. The number of anilines is 1. The van der Waals surface area contributed by atoms with Crippen molar-refractivity contribution in [1.82, 2.24) is 4.98 Å². The quantitative estimate of drug-likeness (QED) is 0.889. The van der Waals surface area contributed by atoms with Crippen molar-refractivity contribution < 1.29 is 0 Å². The lowest BCUT2D eigenvalue weighted by atomic mass is 9.91. The molecule has 2 fully saturated rings. The molecule has 98 valence electrons. The van der Waals surface area contributed by atoms with E-state index in [1.807, 2.05) is 12.3 Å². The highest BCUT2D eigenvalue weighted by atomic mass is 15.2. The van der Waals surface area contributed by atoms with Gasteiger partial charge < -0.3 is 10.6 Å². The van der Waals surface area contributed by atoms with Crippen LogP contribution >= 0.6 is 0 Å². The van der Waals surface area contributed by atoms with Crippen molar-refractivity contribution in [3.63, 3.8) is 0 Å². The van der Waals surface area contributed by atoms with Crippen LogP contribution in [0.1, 0.15) is 37.7 Å². The van der Waals surface area contributed by atoms with Gasteiger partial charge in [0.25, 0.3) is 0 Å². The Bertz CT molecular complexity index is 404. The fraction of sp³-hybridized carbons (Fsp3) is 0.667. The van der Waals surface area contributed by atoms with E-state index >= 15 is 0 Å². The van der Waals surface area contributed by atoms with Gasteiger partial charge in [0.2, 0.25) is 0 Å². The molecular formula is C15H23N3. The Morgan fingerprint density at radius 2 is 2.17 bits per heavy atom. The van der Waals surface area contributed by atoms with Crippen LogP contribution in [0.15, 0.2) is 18.3 Å². The van der Waals surface area contributed by atoms with Crippen LogP contribution in [-0.4, -0.2) is 24.1 Å². The van der Waals surface area contributed by atoms with Gasteiger partial charge in [-0.15, -0.1) is 0 Å². The first-order valence-electron chi connectivity index (χ1n) is 7.31. The van der Waals surface area contributed by atoms with Crippen molar-refractivity contribution in [2.45, 2.75) is 44.6 Å². The number of hydrogen-bond donors (Lipinski definition) is 1. The standard InChI is InChI=1S/C15H23N3/c16-9-8-13-5-2-10-17-15(13)18-11-3-6-12-4-1-7-14(12)18/h2,5,10,12,14H,1,3-4,6-9,11,16H2. The predicted molar refractivity (Wildman–Crippen MR) is 74.7 cm³/mol. The lowest BCUT2D eigenvalue weighted by Gasteiger charge is -2.39. The topological polar surface area (TPSA) is 42.1 Å². The Morgan fingerprint density at radius 1 is 1.28 bits per heavy atom. The van der Waals surface area contributed by atoms with Gasteiger partial charge in [0.15, 0.2) is 0 Å². The Hall–Kier alpha value is -1.09. The Balaban J connectivity index is 1.88. The van der Waals surface area contributed by atoms with E-state index in [0.717, 1.165) is 18.4 Å². The van der Waals surface area contributed by atoms with Gasteiger partial charge in [0, 0.05) is 18.8 Å². The fourth-order valence-electron chi connectivity index (χ4n) is 3.76. The summed E-state index contributed by atoms with van der Waals surface area (Å²) in [5.74, 6) is 2.12. The van der Waals surface area contributed by atoms with E-state index in [1.54, 1.807) is 0 Å². The number of pyridine rings is 1. The fourth-order valence-corrected chi connectivity index (χ4v) is 3.76. The average molecular weight is 245 g/mol. The molecule has 0 bridgehead atoms. The van der Waals surface area contributed by atoms with Gasteiger partial charge in [0.1, 0.15) is 5.82 Å². The first kappa shape index (κ1) is 12.0. The molecule has 18 heavy (non-hydrogen) atoms. The van der Waals surface area contributed by atoms with Gasteiger partial charge in [-0.05, 0) is 56.2 Å². The summed E-state index contributed by atoms with van der Waals surface area (Å²) in [4.78, 5) is 7.23. The van der Waals surface area contributed by atoms with Crippen LogP contribution in [0.2, 0.25) is 0 Å². The first-order valence-corrected chi connectivity index (χ1v) is 7.31. The van der Waals surface area contributed by atoms with Gasteiger partial charge in [-0.3, -0.25) is 0 Å². The third-order valence-electron chi connectivity index (χ3n) is 4.55. The number of piperidine rings is 1. The van der Waals surface area contributed by atoms with E-state index < -0.39 is 0 Å². The predicted octanol–water partition coefficient (Wildman–Crippen LogP) is 2.35. The lowest BCUT2D eigenvalue weighted by molar-refractivity contribution is 0.360. The highest BCUT2D eigenvalue weighted by molar-refractivity contribution is 5.48. The molecule has 3 heteroatoms. The molecule has 1 aromatic rings. The molecule has 1 saturated heterocycles. The van der Waals surface area contributed by atoms with Crippen molar-refractivity contribution in [2.24, 2.45) is 11.7 Å². The van der Waals surface area contributed by atoms with Crippen LogP contribution in [-0.2, 0) is 6.42 Å². The molecule has 1 aromatic heterocycles. The smallest absolute Gasteiger partial charge is 0.132 e. The number of aromatic nitrogens is 1. The van der Waals surface area contributed by atoms with Crippen LogP contribution < -0.4 is 10.6 Å². The maximum atomic E-state index is 5.72. The molecule has 0 aromatic carbocycles. The maximum Gasteiger partial charge on any atom is 0.132 e. The SMILES string of the molecule is NCCc1cccnc1N1CCCC2CCCC21. The van der Waals surface area contributed by atoms with Crippen LogP contribution in [0.3, 0.4) is 0 Å². The summed E-state index contributed by atoms with van der Waals surface area (Å²) in [6, 6.07) is 4.96. The highest BCUT2D eigenvalue weighted by Crippen LogP contribution is 2.39. The van der Waals surface area contributed by atoms with E-state index in [0.29, 0.717) is 6.54 Å². The lowest BCUT2D eigenvalue weighted by Crippen LogP contribution is -2.43. The molecular weight excluding hydrogens is 222 g/mol. The number of nitrogens with zero attached hydrogens (tertiary/aromatic N) is 2. The van der Waals surface area contributed by atoms with Gasteiger partial charge in [-0.1, -0.05) is 12.5 Å². The Labute approximate surface area is 109 Å². The third kappa shape index (κ3) is 2.12. The second-order valence-corrected chi connectivity index (χ2v) is 5.62. The summed E-state index contributed by atoms with van der Waals surface area (Å²) in [7, 11) is 0. The summed E-state index contributed by atoms with van der Waals surface area (Å²) in [6.45, 7) is 1.89. The minimum atomic E-state index is 0.709. The first-order chi connectivity index (χ1) is 8.90. The van der Waals surface area contributed by atoms with E-state index in [9.17, 15) is 0 Å². The van der Waals surface area contributed by atoms with Crippen molar-refractivity contribution in [3.05, 3.63) is 23.9 Å². The van der Waals surface area contributed by atoms with Gasteiger partial charge in [-0.2, -0.15) is 0 Å². The maximum absolute atomic E-state index is 5.72. The van der Waals surface area contributed by atoms with Gasteiger partial charge >= 0.3 is 0 Å². The zero-order chi connectivity index (χ0) is 12.4. The molecule has 2 unspecified atom stereocenters. The van der Waals surface area contributed by atoms with Crippen LogP contribution in [0.5, 0.6) is 0 Å². The van der Waals surface area contributed by atoms with Crippen molar-refractivity contribution in [3.8, 4) is 0 Å². The minimum Gasteiger partial charge on any atom is -0.353 e. The van der Waals surface area contributed by atoms with Crippen molar-refractivity contribution in [1.29, 1.82) is 0 Å². The number of rotatable bonds is 3. The molecule has 2 heterocycles. The van der Waals surface area contributed by atoms with E-state index in [4.69, 9.17) is 5.73 Å². The molecule has 3 rings (SSSR count). The second kappa shape index (κ2) is 5.27. The third-order valence-corrected chi connectivity index (χ3v) is 4.55. The molecule has 2 aliphatic rings. The molecule has 1 saturated carbocycles. The number of hydrogen-bond acceptors (Lipinski definition) is 3. The average Bonchev–Trinajstić information content (AvgIpc) is 2.88. The highest BCUT2D eigenvalue weighted by Gasteiger charge is 2.36. The molecule has 2 N–H and O–H groups in total. The molecule has 1 aliphatic heterocycles. The van der Waals surface area contributed by atoms with Crippen LogP contribution in [0, 0.1) is 5.92 Å². The zero-order valence-corrected chi connectivity index (χ0v) is 11.0. The number of fused-ring (bicyclic) bond motifs is 1. The van der Waals surface area contributed by atoms with Crippen LogP contribution in [0.25, 0.3) is 0 Å². The molecule has 0 amide bonds. The van der Waals surface area contributed by atoms with Gasteiger partial charge in [0.05, 0.1) is 0 Å². The van der Waals surface area contributed by atoms with Crippen molar-refractivity contribution >= 4 is 5.82 Å². The molecule has 1 aliphatic carbocycles. The Morgan fingerprint density at radius 3 is 3.06 bits per heavy atom. The summed E-state index contributed by atoms with van der Waals surface area (Å²) in [6.07, 6.45) is 9.76. The normalized spacial score (nSPS) is 27.3. The van der Waals surface area contributed by atoms with Crippen LogP contribution in [0.4, 0.5) is 5.82 Å². The second-order valence-electron chi connectivity index (χ2n) is 5.62. The largest absolute Gasteiger partial charge is 0.353 e. The molecule has 0 radical (unpaired) electrons. The van der Waals surface area contributed by atoms with E-state index in [2.05, 4.69) is 16.0 Å². The Kier molecular flexibility index (Phi) is 3.50. The zero-order valence-electron chi connectivity index (χ0n) is 11.0. The molecule has 3 nitrogen and oxygen atoms in total. The van der Waals surface area contributed by atoms with Crippen molar-refractivity contribution in [2.75, 3.05) is 18.0 Å².